The summed E-state index contributed by atoms with van der Waals surface area (Å²) < 4.78 is 12.8. The van der Waals surface area contributed by atoms with Crippen LogP contribution in [0.4, 0.5) is 0 Å². The van der Waals surface area contributed by atoms with Crippen molar-refractivity contribution in [1.29, 1.82) is 0 Å². The van der Waals surface area contributed by atoms with Gasteiger partial charge in [0, 0.05) is 38.1 Å². The molecule has 2 aliphatic heterocycles. The lowest BCUT2D eigenvalue weighted by Crippen LogP contribution is -2.52. The number of benzene rings is 2. The molecular weight excluding hydrogens is 414 g/mol. The number of nitrogens with zero attached hydrogens (tertiary/aromatic N) is 1. The van der Waals surface area contributed by atoms with Crippen LogP contribution in [0.15, 0.2) is 54.6 Å². The summed E-state index contributed by atoms with van der Waals surface area (Å²) in [5.41, 5.74) is 2.47. The van der Waals surface area contributed by atoms with Crippen LogP contribution in [0.5, 0.6) is 0 Å². The Bertz CT molecular complexity index is 903. The van der Waals surface area contributed by atoms with E-state index in [2.05, 4.69) is 24.3 Å². The summed E-state index contributed by atoms with van der Waals surface area (Å²) in [5, 5.41) is 10.3. The summed E-state index contributed by atoms with van der Waals surface area (Å²) in [6.07, 6.45) is 3.08. The highest BCUT2D eigenvalue weighted by atomic mass is 16.5. The van der Waals surface area contributed by atoms with E-state index in [0.717, 1.165) is 31.2 Å². The Labute approximate surface area is 197 Å². The number of ether oxygens (including phenoxy) is 2. The van der Waals surface area contributed by atoms with Crippen LogP contribution in [0, 0.1) is 5.92 Å². The van der Waals surface area contributed by atoms with Gasteiger partial charge in [0.1, 0.15) is 0 Å². The summed E-state index contributed by atoms with van der Waals surface area (Å²) in [5.74, 6) is 0.188. The molecule has 178 valence electrons. The van der Waals surface area contributed by atoms with Crippen LogP contribution < -0.4 is 0 Å². The van der Waals surface area contributed by atoms with E-state index in [1.165, 1.54) is 5.56 Å². The molecule has 2 aromatic carbocycles. The molecule has 1 unspecified atom stereocenters. The molecule has 33 heavy (non-hydrogen) atoms. The molecule has 2 heterocycles. The Kier molecular flexibility index (Phi) is 7.52. The van der Waals surface area contributed by atoms with Crippen LogP contribution in [0.3, 0.4) is 0 Å². The highest BCUT2D eigenvalue weighted by Gasteiger charge is 2.45. The molecule has 3 atom stereocenters. The summed E-state index contributed by atoms with van der Waals surface area (Å²) in [6, 6.07) is 17.8. The van der Waals surface area contributed by atoms with Crippen molar-refractivity contribution in [2.24, 2.45) is 5.92 Å². The maximum Gasteiger partial charge on any atom is 0.253 e. The Morgan fingerprint density at radius 2 is 1.79 bits per heavy atom. The van der Waals surface area contributed by atoms with Gasteiger partial charge in [-0.3, -0.25) is 4.79 Å². The summed E-state index contributed by atoms with van der Waals surface area (Å²) >= 11 is 0. The molecule has 0 bridgehead atoms. The third-order valence-corrected chi connectivity index (χ3v) is 7.14. The van der Waals surface area contributed by atoms with Crippen LogP contribution in [0.1, 0.15) is 80.1 Å². The minimum Gasteiger partial charge on any atom is -0.388 e. The molecule has 1 amide bonds. The molecule has 0 aromatic heterocycles. The summed E-state index contributed by atoms with van der Waals surface area (Å²) in [7, 11) is 0. The third-order valence-electron chi connectivity index (χ3n) is 7.14. The average Bonchev–Trinajstić information content (AvgIpc) is 2.84. The Morgan fingerprint density at radius 3 is 2.39 bits per heavy atom. The second-order valence-electron chi connectivity index (χ2n) is 9.82. The minimum absolute atomic E-state index is 0.0266. The van der Waals surface area contributed by atoms with Crippen molar-refractivity contribution in [1.82, 2.24) is 4.90 Å². The van der Waals surface area contributed by atoms with Crippen molar-refractivity contribution in [3.63, 3.8) is 0 Å². The first-order chi connectivity index (χ1) is 15.9. The number of carbonyl (C=O) groups is 1. The number of hydrogen-bond acceptors (Lipinski definition) is 4. The van der Waals surface area contributed by atoms with Crippen molar-refractivity contribution in [3.8, 4) is 0 Å². The Morgan fingerprint density at radius 1 is 1.12 bits per heavy atom. The van der Waals surface area contributed by atoms with Crippen LogP contribution in [-0.2, 0) is 9.47 Å². The number of aliphatic hydroxyl groups excluding tert-OH is 1. The van der Waals surface area contributed by atoms with E-state index in [4.69, 9.17) is 9.47 Å². The molecule has 0 radical (unpaired) electrons. The van der Waals surface area contributed by atoms with Crippen molar-refractivity contribution >= 4 is 5.91 Å². The van der Waals surface area contributed by atoms with Gasteiger partial charge < -0.3 is 19.5 Å². The number of rotatable bonds is 6. The maximum absolute atomic E-state index is 13.1. The molecule has 1 spiro atoms. The second kappa shape index (κ2) is 10.4. The fourth-order valence-electron chi connectivity index (χ4n) is 5.20. The molecular formula is C28H37NO4. The molecule has 2 aliphatic rings. The maximum atomic E-state index is 13.1. The molecule has 2 fully saturated rings. The lowest BCUT2D eigenvalue weighted by atomic mass is 9.80. The monoisotopic (exact) mass is 451 g/mol. The van der Waals surface area contributed by atoms with Crippen LogP contribution in [-0.4, -0.2) is 47.3 Å². The fraction of sp³-hybridized carbons (Fsp3) is 0.536. The van der Waals surface area contributed by atoms with E-state index in [-0.39, 0.29) is 29.6 Å². The van der Waals surface area contributed by atoms with Gasteiger partial charge in [-0.25, -0.2) is 0 Å². The molecule has 2 aromatic rings. The summed E-state index contributed by atoms with van der Waals surface area (Å²) in [4.78, 5) is 15.1. The van der Waals surface area contributed by atoms with Gasteiger partial charge in [0.2, 0.25) is 0 Å². The van der Waals surface area contributed by atoms with Gasteiger partial charge in [-0.2, -0.15) is 0 Å². The minimum atomic E-state index is -0.511. The molecule has 1 N–H and O–H groups in total. The molecule has 0 saturated carbocycles. The zero-order chi connectivity index (χ0) is 23.4. The van der Waals surface area contributed by atoms with Gasteiger partial charge in [-0.1, -0.05) is 56.3 Å². The van der Waals surface area contributed by atoms with E-state index in [0.29, 0.717) is 25.3 Å². The SMILES string of the molecule is CCO[C@H]1C[C@@H](c2ccccc2)OC2(CCN(C(=O)c3ccc(C(O)C(C)C)cc3)CC2)C1. The van der Waals surface area contributed by atoms with Gasteiger partial charge >= 0.3 is 0 Å². The molecule has 4 rings (SSSR count). The standard InChI is InChI=1S/C28H37NO4/c1-4-32-24-18-25(21-8-6-5-7-9-21)33-28(19-24)14-16-29(17-15-28)27(31)23-12-10-22(11-13-23)26(30)20(2)3/h5-13,20,24-26,30H,4,14-19H2,1-3H3/t24-,25-,26?/m0/s1. The number of likely N-dealkylation sites (tertiary alicyclic amines) is 1. The fourth-order valence-corrected chi connectivity index (χ4v) is 5.20. The van der Waals surface area contributed by atoms with Crippen molar-refractivity contribution < 1.29 is 19.4 Å². The largest absolute Gasteiger partial charge is 0.388 e. The van der Waals surface area contributed by atoms with E-state index < -0.39 is 6.10 Å². The van der Waals surface area contributed by atoms with E-state index in [1.54, 1.807) is 0 Å². The Balaban J connectivity index is 1.42. The topological polar surface area (TPSA) is 59.0 Å². The first-order valence-electron chi connectivity index (χ1n) is 12.3. The van der Waals surface area contributed by atoms with Crippen LogP contribution >= 0.6 is 0 Å². The average molecular weight is 452 g/mol. The highest BCUT2D eigenvalue weighted by molar-refractivity contribution is 5.94. The predicted molar refractivity (Wildman–Crippen MR) is 129 cm³/mol. The van der Waals surface area contributed by atoms with Gasteiger partial charge in [-0.15, -0.1) is 0 Å². The van der Waals surface area contributed by atoms with Crippen molar-refractivity contribution in [2.45, 2.75) is 70.4 Å². The zero-order valence-corrected chi connectivity index (χ0v) is 20.1. The third kappa shape index (κ3) is 5.48. The highest BCUT2D eigenvalue weighted by Crippen LogP contribution is 2.44. The molecule has 0 aliphatic carbocycles. The number of hydrogen-bond donors (Lipinski definition) is 1. The first-order valence-corrected chi connectivity index (χ1v) is 12.3. The number of amides is 1. The van der Waals surface area contributed by atoms with Gasteiger partial charge in [0.25, 0.3) is 5.91 Å². The molecule has 5 heteroatoms. The molecule has 5 nitrogen and oxygen atoms in total. The van der Waals surface area contributed by atoms with Gasteiger partial charge in [0.15, 0.2) is 0 Å². The van der Waals surface area contributed by atoms with Crippen molar-refractivity contribution in [2.75, 3.05) is 19.7 Å². The number of aliphatic hydroxyl groups is 1. The van der Waals surface area contributed by atoms with Crippen molar-refractivity contribution in [3.05, 3.63) is 71.3 Å². The number of piperidine rings is 1. The van der Waals surface area contributed by atoms with E-state index in [9.17, 15) is 9.90 Å². The van der Waals surface area contributed by atoms with Gasteiger partial charge in [0.05, 0.1) is 23.9 Å². The quantitative estimate of drug-likeness (QED) is 0.647. The summed E-state index contributed by atoms with van der Waals surface area (Å²) in [6.45, 7) is 8.07. The van der Waals surface area contributed by atoms with Gasteiger partial charge in [-0.05, 0) is 48.9 Å². The molecule has 2 saturated heterocycles. The van der Waals surface area contributed by atoms with Crippen LogP contribution in [0.25, 0.3) is 0 Å². The lowest BCUT2D eigenvalue weighted by Gasteiger charge is -2.48. The predicted octanol–water partition coefficient (Wildman–Crippen LogP) is 5.31. The Hall–Kier alpha value is -2.21. The van der Waals surface area contributed by atoms with Crippen LogP contribution in [0.2, 0.25) is 0 Å². The zero-order valence-electron chi connectivity index (χ0n) is 20.1. The van der Waals surface area contributed by atoms with E-state index in [1.807, 2.05) is 56.0 Å². The first kappa shape index (κ1) is 23.9. The smallest absolute Gasteiger partial charge is 0.253 e. The lowest BCUT2D eigenvalue weighted by molar-refractivity contribution is -0.190. The normalized spacial score (nSPS) is 23.6. The second-order valence-corrected chi connectivity index (χ2v) is 9.82. The van der Waals surface area contributed by atoms with E-state index >= 15 is 0 Å². The number of carbonyl (C=O) groups excluding carboxylic acids is 1.